The molecule has 0 fully saturated rings. The molecule has 0 aromatic heterocycles. The first-order chi connectivity index (χ1) is 11.5. The molecule has 0 aliphatic rings. The van der Waals surface area contributed by atoms with E-state index in [9.17, 15) is 14.7 Å². The third-order valence-electron chi connectivity index (χ3n) is 3.85. The van der Waals surface area contributed by atoms with Crippen LogP contribution in [0.1, 0.15) is 66.2 Å². The van der Waals surface area contributed by atoms with Gasteiger partial charge in [0.25, 0.3) is 0 Å². The molecule has 1 N–H and O–H groups in total. The number of carboxylic acid groups (broad SMARTS) is 1. The van der Waals surface area contributed by atoms with E-state index in [-0.39, 0.29) is 34.2 Å². The van der Waals surface area contributed by atoms with Crippen molar-refractivity contribution < 1.29 is 28.9 Å². The zero-order valence-corrected chi connectivity index (χ0v) is 14.8. The van der Waals surface area contributed by atoms with E-state index in [4.69, 9.17) is 14.2 Å². The van der Waals surface area contributed by atoms with E-state index in [1.165, 1.54) is 27.4 Å². The highest BCUT2D eigenvalue weighted by molar-refractivity contribution is 6.08. The first kappa shape index (κ1) is 19.8. The van der Waals surface area contributed by atoms with Crippen molar-refractivity contribution in [3.63, 3.8) is 0 Å². The Bertz CT molecular complexity index is 579. The number of Topliss-reactive ketones (excluding diaryl/α,β-unsaturated/α-hetero) is 1. The summed E-state index contributed by atoms with van der Waals surface area (Å²) in [5, 5.41) is 9.52. The minimum absolute atomic E-state index is 0.00122. The van der Waals surface area contributed by atoms with Gasteiger partial charge in [-0.05, 0) is 12.5 Å². The van der Waals surface area contributed by atoms with Gasteiger partial charge in [0.2, 0.25) is 5.75 Å². The Morgan fingerprint density at radius 2 is 1.58 bits per heavy atom. The Hall–Kier alpha value is -2.24. The van der Waals surface area contributed by atoms with Crippen molar-refractivity contribution >= 4 is 11.8 Å². The summed E-state index contributed by atoms with van der Waals surface area (Å²) in [4.78, 5) is 24.2. The Morgan fingerprint density at radius 1 is 0.958 bits per heavy atom. The minimum Gasteiger partial charge on any atom is -0.493 e. The van der Waals surface area contributed by atoms with Crippen LogP contribution in [0.5, 0.6) is 17.2 Å². The minimum atomic E-state index is -1.23. The van der Waals surface area contributed by atoms with E-state index in [0.717, 1.165) is 32.1 Å². The van der Waals surface area contributed by atoms with E-state index >= 15 is 0 Å². The summed E-state index contributed by atoms with van der Waals surface area (Å²) >= 11 is 0. The van der Waals surface area contributed by atoms with Gasteiger partial charge in [-0.15, -0.1) is 0 Å². The summed E-state index contributed by atoms with van der Waals surface area (Å²) in [5.41, 5.74) is -0.0961. The summed E-state index contributed by atoms with van der Waals surface area (Å²) in [5.74, 6) is -1.03. The molecule has 0 atom stereocenters. The lowest BCUT2D eigenvalue weighted by atomic mass is 9.97. The number of carbonyl (C=O) groups is 2. The third kappa shape index (κ3) is 4.63. The molecule has 0 saturated carbocycles. The Kier molecular flexibility index (Phi) is 8.09. The summed E-state index contributed by atoms with van der Waals surface area (Å²) < 4.78 is 15.6. The fourth-order valence-electron chi connectivity index (χ4n) is 2.61. The van der Waals surface area contributed by atoms with Gasteiger partial charge in [-0.1, -0.05) is 32.6 Å². The van der Waals surface area contributed by atoms with Gasteiger partial charge in [0.1, 0.15) is 5.56 Å². The molecular formula is C18H26O6. The van der Waals surface area contributed by atoms with Crippen molar-refractivity contribution in [2.75, 3.05) is 21.3 Å². The van der Waals surface area contributed by atoms with Gasteiger partial charge in [-0.25, -0.2) is 4.79 Å². The summed E-state index contributed by atoms with van der Waals surface area (Å²) in [6.07, 6.45) is 5.32. The Balaban J connectivity index is 3.16. The monoisotopic (exact) mass is 338 g/mol. The van der Waals surface area contributed by atoms with Crippen molar-refractivity contribution in [1.29, 1.82) is 0 Å². The molecular weight excluding hydrogens is 312 g/mol. The van der Waals surface area contributed by atoms with Crippen molar-refractivity contribution in [2.24, 2.45) is 0 Å². The summed E-state index contributed by atoms with van der Waals surface area (Å²) in [6, 6.07) is 1.42. The summed E-state index contributed by atoms with van der Waals surface area (Å²) in [7, 11) is 4.15. The number of carboxylic acids is 1. The molecule has 1 aromatic carbocycles. The topological polar surface area (TPSA) is 82.1 Å². The van der Waals surface area contributed by atoms with Gasteiger partial charge in [0.15, 0.2) is 17.3 Å². The molecule has 0 heterocycles. The molecule has 0 amide bonds. The average molecular weight is 338 g/mol. The molecule has 0 aliphatic carbocycles. The molecule has 1 aromatic rings. The lowest BCUT2D eigenvalue weighted by Crippen LogP contribution is -2.12. The van der Waals surface area contributed by atoms with Gasteiger partial charge < -0.3 is 19.3 Å². The van der Waals surface area contributed by atoms with Gasteiger partial charge in [-0.3, -0.25) is 4.79 Å². The first-order valence-corrected chi connectivity index (χ1v) is 8.11. The predicted molar refractivity (Wildman–Crippen MR) is 90.8 cm³/mol. The van der Waals surface area contributed by atoms with Crippen LogP contribution in [0, 0.1) is 0 Å². The quantitative estimate of drug-likeness (QED) is 0.486. The van der Waals surface area contributed by atoms with Crippen molar-refractivity contribution in [3.05, 3.63) is 17.2 Å². The number of unbranched alkanes of at least 4 members (excludes halogenated alkanes) is 4. The molecule has 0 spiro atoms. The second-order valence-corrected chi connectivity index (χ2v) is 5.46. The number of benzene rings is 1. The van der Waals surface area contributed by atoms with Crippen LogP contribution in [-0.2, 0) is 0 Å². The number of ketones is 1. The number of carbonyl (C=O) groups excluding carboxylic acids is 1. The number of rotatable bonds is 11. The van der Waals surface area contributed by atoms with Crippen LogP contribution in [0.25, 0.3) is 0 Å². The zero-order chi connectivity index (χ0) is 18.1. The molecule has 1 rings (SSSR count). The molecule has 24 heavy (non-hydrogen) atoms. The normalized spacial score (nSPS) is 10.3. The molecule has 134 valence electrons. The lowest BCUT2D eigenvalue weighted by Gasteiger charge is -2.17. The third-order valence-corrected chi connectivity index (χ3v) is 3.85. The molecule has 0 radical (unpaired) electrons. The molecule has 0 aliphatic heterocycles. The van der Waals surface area contributed by atoms with Crippen LogP contribution in [0.15, 0.2) is 6.07 Å². The van der Waals surface area contributed by atoms with E-state index in [1.54, 1.807) is 0 Å². The number of methoxy groups -OCH3 is 3. The lowest BCUT2D eigenvalue weighted by molar-refractivity contribution is 0.0687. The van der Waals surface area contributed by atoms with E-state index < -0.39 is 5.97 Å². The fraction of sp³-hybridized carbons (Fsp3) is 0.556. The maximum absolute atomic E-state index is 12.5. The smallest absolute Gasteiger partial charge is 0.340 e. The maximum atomic E-state index is 12.5. The Morgan fingerprint density at radius 3 is 2.08 bits per heavy atom. The number of hydrogen-bond donors (Lipinski definition) is 1. The zero-order valence-electron chi connectivity index (χ0n) is 14.8. The predicted octanol–water partition coefficient (Wildman–Crippen LogP) is 3.95. The van der Waals surface area contributed by atoms with Crippen molar-refractivity contribution in [2.45, 2.75) is 45.4 Å². The van der Waals surface area contributed by atoms with Gasteiger partial charge in [0.05, 0.1) is 21.3 Å². The van der Waals surface area contributed by atoms with Crippen LogP contribution < -0.4 is 14.2 Å². The second-order valence-electron chi connectivity index (χ2n) is 5.46. The molecule has 0 saturated heterocycles. The Labute approximate surface area is 142 Å². The van der Waals surface area contributed by atoms with Gasteiger partial charge in [-0.2, -0.15) is 0 Å². The SMILES string of the molecule is CCCCCCCC(=O)c1cc(OC)c(OC)c(OC)c1C(=O)O. The van der Waals surface area contributed by atoms with E-state index in [2.05, 4.69) is 6.92 Å². The maximum Gasteiger partial charge on any atom is 0.340 e. The molecule has 6 heteroatoms. The van der Waals surface area contributed by atoms with Gasteiger partial charge in [0, 0.05) is 12.0 Å². The van der Waals surface area contributed by atoms with Crippen molar-refractivity contribution in [3.8, 4) is 17.2 Å². The number of ether oxygens (including phenoxy) is 3. The van der Waals surface area contributed by atoms with Crippen LogP contribution in [0.3, 0.4) is 0 Å². The fourth-order valence-corrected chi connectivity index (χ4v) is 2.61. The average Bonchev–Trinajstić information content (AvgIpc) is 2.58. The molecule has 6 nitrogen and oxygen atoms in total. The highest BCUT2D eigenvalue weighted by Crippen LogP contribution is 2.42. The summed E-state index contributed by atoms with van der Waals surface area (Å²) in [6.45, 7) is 2.13. The molecule has 0 unspecified atom stereocenters. The number of aromatic carboxylic acids is 1. The number of hydrogen-bond acceptors (Lipinski definition) is 5. The van der Waals surface area contributed by atoms with Crippen LogP contribution in [-0.4, -0.2) is 38.2 Å². The highest BCUT2D eigenvalue weighted by atomic mass is 16.5. The standard InChI is InChI=1S/C18H26O6/c1-5-6-7-8-9-10-13(19)12-11-14(22-2)16(23-3)17(24-4)15(12)18(20)21/h11H,5-10H2,1-4H3,(H,20,21). The van der Waals surface area contributed by atoms with Crippen LogP contribution in [0.4, 0.5) is 0 Å². The van der Waals surface area contributed by atoms with Crippen molar-refractivity contribution in [1.82, 2.24) is 0 Å². The van der Waals surface area contributed by atoms with Crippen LogP contribution in [0.2, 0.25) is 0 Å². The second kappa shape index (κ2) is 9.80. The van der Waals surface area contributed by atoms with Crippen LogP contribution >= 0.6 is 0 Å². The first-order valence-electron chi connectivity index (χ1n) is 8.11. The van der Waals surface area contributed by atoms with E-state index in [1.807, 2.05) is 0 Å². The van der Waals surface area contributed by atoms with Gasteiger partial charge >= 0.3 is 5.97 Å². The molecule has 0 bridgehead atoms. The van der Waals surface area contributed by atoms with E-state index in [0.29, 0.717) is 6.42 Å². The largest absolute Gasteiger partial charge is 0.493 e. The highest BCUT2D eigenvalue weighted by Gasteiger charge is 2.28.